The van der Waals surface area contributed by atoms with Gasteiger partial charge in [-0.2, -0.15) is 0 Å². The highest BCUT2D eigenvalue weighted by Gasteiger charge is 2.56. The minimum atomic E-state index is -1.82. The lowest BCUT2D eigenvalue weighted by Gasteiger charge is -2.46. The maximum Gasteiger partial charge on any atom is 0.338 e. The van der Waals surface area contributed by atoms with E-state index in [1.807, 2.05) is 0 Å². The SMILES string of the molecule is CC1O[C@H](CO[C@@H]2O[C@H](COC(=O)c3ccccc3)[C@@H](OC(=O)c3ccccc3)[C@H](OC(=O)c3ccccc3)[C@H]2OC(=O)c2ccccc2)[C@@H](OC(=O)c2ccccc2)[C@H](OC(=O)c2ccccc2)[C@H]1OC(=O)c1ccccc1. The Labute approximate surface area is 453 Å². The highest BCUT2D eigenvalue weighted by Crippen LogP contribution is 2.35. The molecule has 7 aromatic carbocycles. The Hall–Kier alpha value is -9.29. The zero-order valence-electron chi connectivity index (χ0n) is 42.3. The van der Waals surface area contributed by atoms with E-state index in [4.69, 9.17) is 47.4 Å². The molecule has 2 aliphatic rings. The molecule has 2 heterocycles. The van der Waals surface area contributed by atoms with Crippen LogP contribution in [0, 0.1) is 0 Å². The Morgan fingerprint density at radius 2 is 0.557 bits per heavy atom. The molecule has 0 bridgehead atoms. The monoisotopic (exact) mass is 1070 g/mol. The van der Waals surface area contributed by atoms with Crippen molar-refractivity contribution in [3.63, 3.8) is 0 Å². The number of ether oxygens (including phenoxy) is 10. The van der Waals surface area contributed by atoms with E-state index in [9.17, 15) is 33.6 Å². The van der Waals surface area contributed by atoms with Crippen molar-refractivity contribution in [3.8, 4) is 0 Å². The number of carbonyl (C=O) groups is 7. The molecule has 0 saturated carbocycles. The van der Waals surface area contributed by atoms with Gasteiger partial charge >= 0.3 is 41.8 Å². The molecule has 402 valence electrons. The largest absolute Gasteiger partial charge is 0.459 e. The fraction of sp³-hybridized carbons (Fsp3) is 0.210. The fourth-order valence-electron chi connectivity index (χ4n) is 8.82. The molecule has 2 fully saturated rings. The summed E-state index contributed by atoms with van der Waals surface area (Å²) in [5, 5.41) is 0. The molecular formula is C62H52O17. The predicted octanol–water partition coefficient (Wildman–Crippen LogP) is 8.73. The Balaban J connectivity index is 1.12. The van der Waals surface area contributed by atoms with Crippen LogP contribution in [0.15, 0.2) is 212 Å². The second-order valence-electron chi connectivity index (χ2n) is 18.1. The molecule has 9 rings (SSSR count). The summed E-state index contributed by atoms with van der Waals surface area (Å²) in [4.78, 5) is 98.4. The van der Waals surface area contributed by atoms with Crippen LogP contribution in [0.1, 0.15) is 79.4 Å². The van der Waals surface area contributed by atoms with Crippen LogP contribution in [-0.2, 0) is 47.4 Å². The molecule has 17 nitrogen and oxygen atoms in total. The minimum absolute atomic E-state index is 0.0580. The van der Waals surface area contributed by atoms with Crippen LogP contribution >= 0.6 is 0 Å². The number of benzene rings is 7. The second-order valence-corrected chi connectivity index (χ2v) is 18.1. The van der Waals surface area contributed by atoms with E-state index in [-0.39, 0.29) is 38.9 Å². The van der Waals surface area contributed by atoms with Gasteiger partial charge in [-0.15, -0.1) is 0 Å². The van der Waals surface area contributed by atoms with Gasteiger partial charge in [-0.25, -0.2) is 33.6 Å². The second kappa shape index (κ2) is 26.2. The standard InChI is InChI=1S/C62H52O17/c1-39-49(74-56(64)41-25-11-3-12-26-41)52(77-59(67)44-31-17-6-18-32-44)50(75-57(65)42-27-13-4-14-28-42)47(72-39)38-71-62-54(79-61(69)46-35-21-8-22-36-46)53(78-60(68)45-33-19-7-20-34-45)51(76-58(66)43-29-15-5-16-30-43)48(73-62)37-70-55(63)40-23-9-2-10-24-40/h2-36,39,47-54,62H,37-38H2,1H3/t39?,47-,48-,49+,50-,51-,52-,53+,54-,62-/m1/s1. The van der Waals surface area contributed by atoms with E-state index in [1.165, 1.54) is 84.9 Å². The minimum Gasteiger partial charge on any atom is -0.459 e. The molecule has 0 aliphatic carbocycles. The van der Waals surface area contributed by atoms with Crippen molar-refractivity contribution in [1.29, 1.82) is 0 Å². The quantitative estimate of drug-likeness (QED) is 0.0581. The summed E-state index contributed by atoms with van der Waals surface area (Å²) in [5.74, 6) is -6.15. The van der Waals surface area contributed by atoms with Gasteiger partial charge in [0.25, 0.3) is 0 Å². The first kappa shape index (κ1) is 54.5. The average molecular weight is 1070 g/mol. The summed E-state index contributed by atoms with van der Waals surface area (Å²) in [6.45, 7) is 0.251. The first-order valence-electron chi connectivity index (χ1n) is 25.2. The number of carbonyl (C=O) groups excluding carboxylic acids is 7. The van der Waals surface area contributed by atoms with Crippen LogP contribution in [0.25, 0.3) is 0 Å². The highest BCUT2D eigenvalue weighted by atomic mass is 16.7. The number of hydrogen-bond donors (Lipinski definition) is 0. The lowest BCUT2D eigenvalue weighted by molar-refractivity contribution is -0.310. The molecule has 0 amide bonds. The molecule has 79 heavy (non-hydrogen) atoms. The summed E-state index contributed by atoms with van der Waals surface area (Å²) in [5.41, 5.74) is 0.751. The van der Waals surface area contributed by atoms with Gasteiger partial charge < -0.3 is 47.4 Å². The van der Waals surface area contributed by atoms with Crippen molar-refractivity contribution in [2.75, 3.05) is 13.2 Å². The van der Waals surface area contributed by atoms with Crippen molar-refractivity contribution in [1.82, 2.24) is 0 Å². The summed E-state index contributed by atoms with van der Waals surface area (Å²) in [6, 6.07) is 55.5. The van der Waals surface area contributed by atoms with Gasteiger partial charge in [0.15, 0.2) is 42.9 Å². The summed E-state index contributed by atoms with van der Waals surface area (Å²) < 4.78 is 62.7. The van der Waals surface area contributed by atoms with Gasteiger partial charge in [-0.3, -0.25) is 0 Å². The molecular weight excluding hydrogens is 1020 g/mol. The van der Waals surface area contributed by atoms with Crippen molar-refractivity contribution < 1.29 is 80.9 Å². The Morgan fingerprint density at radius 3 is 0.886 bits per heavy atom. The Bertz CT molecular complexity index is 3170. The summed E-state index contributed by atoms with van der Waals surface area (Å²) >= 11 is 0. The smallest absolute Gasteiger partial charge is 0.338 e. The average Bonchev–Trinajstić information content (AvgIpc) is 3.58. The van der Waals surface area contributed by atoms with Crippen molar-refractivity contribution in [2.45, 2.75) is 68.1 Å². The van der Waals surface area contributed by atoms with Crippen LogP contribution in [0.4, 0.5) is 0 Å². The van der Waals surface area contributed by atoms with E-state index in [0.717, 1.165) is 0 Å². The maximum absolute atomic E-state index is 14.3. The highest BCUT2D eigenvalue weighted by molar-refractivity contribution is 5.93. The first-order chi connectivity index (χ1) is 38.5. The normalized spacial score (nSPS) is 22.4. The first-order valence-corrected chi connectivity index (χ1v) is 25.2. The molecule has 2 aliphatic heterocycles. The molecule has 10 atom stereocenters. The Kier molecular flexibility index (Phi) is 18.1. The third-order valence-electron chi connectivity index (χ3n) is 12.8. The molecule has 0 N–H and O–H groups in total. The molecule has 17 heteroatoms. The maximum atomic E-state index is 14.3. The molecule has 1 unspecified atom stereocenters. The van der Waals surface area contributed by atoms with E-state index in [1.54, 1.807) is 134 Å². The third-order valence-corrected chi connectivity index (χ3v) is 12.8. The number of rotatable bonds is 18. The van der Waals surface area contributed by atoms with Gasteiger partial charge in [0.1, 0.15) is 18.8 Å². The topological polar surface area (TPSA) is 212 Å². The van der Waals surface area contributed by atoms with E-state index in [0.29, 0.717) is 0 Å². The van der Waals surface area contributed by atoms with Crippen LogP contribution in [0.5, 0.6) is 0 Å². The van der Waals surface area contributed by atoms with Gasteiger partial charge in [-0.1, -0.05) is 127 Å². The van der Waals surface area contributed by atoms with Crippen LogP contribution in [-0.4, -0.2) is 116 Å². The molecule has 0 radical (unpaired) electrons. The Morgan fingerprint density at radius 1 is 0.304 bits per heavy atom. The van der Waals surface area contributed by atoms with Crippen LogP contribution in [0.3, 0.4) is 0 Å². The van der Waals surface area contributed by atoms with Crippen LogP contribution < -0.4 is 0 Å². The summed E-state index contributed by atoms with van der Waals surface area (Å²) in [7, 11) is 0. The molecule has 7 aromatic rings. The summed E-state index contributed by atoms with van der Waals surface area (Å²) in [6.07, 6.45) is -15.8. The third kappa shape index (κ3) is 13.8. The zero-order valence-corrected chi connectivity index (χ0v) is 42.3. The van der Waals surface area contributed by atoms with Crippen molar-refractivity contribution in [2.24, 2.45) is 0 Å². The molecule has 2 saturated heterocycles. The number of hydrogen-bond acceptors (Lipinski definition) is 17. The van der Waals surface area contributed by atoms with Crippen molar-refractivity contribution in [3.05, 3.63) is 251 Å². The van der Waals surface area contributed by atoms with Gasteiger partial charge in [-0.05, 0) is 91.9 Å². The number of esters is 7. The predicted molar refractivity (Wildman–Crippen MR) is 280 cm³/mol. The van der Waals surface area contributed by atoms with Gasteiger partial charge in [0.05, 0.1) is 51.7 Å². The van der Waals surface area contributed by atoms with Gasteiger partial charge in [0.2, 0.25) is 0 Å². The lowest BCUT2D eigenvalue weighted by Crippen LogP contribution is -2.64. The molecule has 0 aromatic heterocycles. The van der Waals surface area contributed by atoms with E-state index in [2.05, 4.69) is 0 Å². The van der Waals surface area contributed by atoms with E-state index < -0.39 is 116 Å². The lowest BCUT2D eigenvalue weighted by atomic mass is 9.94. The van der Waals surface area contributed by atoms with Gasteiger partial charge in [0, 0.05) is 0 Å². The molecule has 0 spiro atoms. The fourth-order valence-corrected chi connectivity index (χ4v) is 8.82. The van der Waals surface area contributed by atoms with Crippen LogP contribution in [0.2, 0.25) is 0 Å². The van der Waals surface area contributed by atoms with Crippen molar-refractivity contribution >= 4 is 41.8 Å². The van der Waals surface area contributed by atoms with E-state index >= 15 is 0 Å². The zero-order chi connectivity index (χ0) is 55.1.